The van der Waals surface area contributed by atoms with Crippen LogP contribution in [0.1, 0.15) is 75.0 Å². The molecule has 0 saturated heterocycles. The van der Waals surface area contributed by atoms with Crippen molar-refractivity contribution in [3.8, 4) is 5.88 Å². The van der Waals surface area contributed by atoms with Crippen molar-refractivity contribution in [2.75, 3.05) is 19.4 Å². The number of nitrogens with two attached hydrogens (primary N) is 1. The summed E-state index contributed by atoms with van der Waals surface area (Å²) in [5.41, 5.74) is 7.06. The number of hydrogen-bond donors (Lipinski definition) is 2. The highest BCUT2D eigenvalue weighted by atomic mass is 32.2. The van der Waals surface area contributed by atoms with Gasteiger partial charge in [-0.25, -0.2) is 32.5 Å². The van der Waals surface area contributed by atoms with Gasteiger partial charge in [-0.1, -0.05) is 6.92 Å². The first-order valence-corrected chi connectivity index (χ1v) is 14.8. The van der Waals surface area contributed by atoms with Crippen LogP contribution in [0.15, 0.2) is 30.6 Å². The molecule has 1 aliphatic heterocycles. The lowest BCUT2D eigenvalue weighted by Crippen LogP contribution is -2.47. The lowest BCUT2D eigenvalue weighted by molar-refractivity contribution is -0.0189. The van der Waals surface area contributed by atoms with E-state index in [1.54, 1.807) is 24.5 Å². The molecule has 0 amide bonds. The first-order valence-electron chi connectivity index (χ1n) is 13.3. The fraction of sp³-hybridized carbons (Fsp3) is 0.500. The highest BCUT2D eigenvalue weighted by molar-refractivity contribution is 7.89. The largest absolute Gasteiger partial charge is 0.474 e. The van der Waals surface area contributed by atoms with Crippen LogP contribution in [-0.2, 0) is 20.3 Å². The summed E-state index contributed by atoms with van der Waals surface area (Å²) >= 11 is 0. The molecule has 12 heteroatoms. The Hall–Kier alpha value is -3.35. The Balaban J connectivity index is 1.45. The number of carbonyl (C=O) groups excluding carboxylic acids is 1. The quantitative estimate of drug-likeness (QED) is 0.403. The maximum atomic E-state index is 12.5. The third-order valence-electron chi connectivity index (χ3n) is 7.90. The Morgan fingerprint density at radius 1 is 1.12 bits per heavy atom. The van der Waals surface area contributed by atoms with Gasteiger partial charge in [0.1, 0.15) is 23.3 Å². The molecule has 40 heavy (non-hydrogen) atoms. The van der Waals surface area contributed by atoms with Gasteiger partial charge in [0, 0.05) is 50.8 Å². The van der Waals surface area contributed by atoms with E-state index in [0.29, 0.717) is 47.0 Å². The third kappa shape index (κ3) is 4.99. The van der Waals surface area contributed by atoms with E-state index in [-0.39, 0.29) is 18.0 Å². The third-order valence-corrected chi connectivity index (χ3v) is 10.1. The number of anilines is 2. The summed E-state index contributed by atoms with van der Waals surface area (Å²) in [7, 11) is -0.244. The fourth-order valence-corrected chi connectivity index (χ4v) is 6.50. The van der Waals surface area contributed by atoms with Crippen LogP contribution < -0.4 is 15.8 Å². The summed E-state index contributed by atoms with van der Waals surface area (Å²) in [6, 6.07) is 5.31. The zero-order chi connectivity index (χ0) is 29.2. The number of pyridine rings is 3. The van der Waals surface area contributed by atoms with Crippen LogP contribution >= 0.6 is 0 Å². The molecule has 11 nitrogen and oxygen atoms in total. The predicted molar refractivity (Wildman–Crippen MR) is 152 cm³/mol. The van der Waals surface area contributed by atoms with E-state index in [1.165, 1.54) is 18.4 Å². The van der Waals surface area contributed by atoms with Crippen molar-refractivity contribution in [1.82, 2.24) is 19.3 Å². The van der Waals surface area contributed by atoms with Gasteiger partial charge in [-0.2, -0.15) is 0 Å². The van der Waals surface area contributed by atoms with Crippen LogP contribution in [0, 0.1) is 0 Å². The minimum absolute atomic E-state index is 0.0965. The lowest BCUT2D eigenvalue weighted by atomic mass is 9.84. The van der Waals surface area contributed by atoms with Gasteiger partial charge in [-0.15, -0.1) is 0 Å². The van der Waals surface area contributed by atoms with Gasteiger partial charge in [0.25, 0.3) is 0 Å². The van der Waals surface area contributed by atoms with Gasteiger partial charge in [-0.05, 0) is 56.8 Å². The fourth-order valence-electron chi connectivity index (χ4n) is 4.99. The van der Waals surface area contributed by atoms with E-state index < -0.39 is 26.4 Å². The van der Waals surface area contributed by atoms with E-state index in [9.17, 15) is 13.2 Å². The number of ether oxygens (including phenoxy) is 2. The molecule has 0 radical (unpaired) electrons. The molecule has 1 aliphatic carbocycles. The van der Waals surface area contributed by atoms with Gasteiger partial charge in [0.05, 0.1) is 21.9 Å². The molecule has 1 fully saturated rings. The highest BCUT2D eigenvalue weighted by Crippen LogP contribution is 2.39. The molecule has 4 heterocycles. The SMILES string of the molecule is C[C@@H]1c2nc(Nc3cc4c(C(C)(C)N)cnc(OC5CC(S(=O)(=O)N(C)C)C5)c4cn3)ccc2C(=O)OC1(C)C. The number of hydrogen-bond acceptors (Lipinski definition) is 10. The second-order valence-corrected chi connectivity index (χ2v) is 14.4. The number of nitrogens with zero attached hydrogens (tertiary/aromatic N) is 4. The Kier molecular flexibility index (Phi) is 6.79. The summed E-state index contributed by atoms with van der Waals surface area (Å²) < 4.78 is 37.8. The number of nitrogens with one attached hydrogen (secondary N) is 1. The van der Waals surface area contributed by atoms with Crippen LogP contribution in [-0.4, -0.2) is 64.7 Å². The van der Waals surface area contributed by atoms with Crippen LogP contribution in [0.25, 0.3) is 10.8 Å². The number of rotatable bonds is 7. The molecule has 0 aromatic carbocycles. The second-order valence-electron chi connectivity index (χ2n) is 11.9. The van der Waals surface area contributed by atoms with Crippen LogP contribution in [0.3, 0.4) is 0 Å². The molecule has 1 atom stereocenters. The average Bonchev–Trinajstić information content (AvgIpc) is 2.83. The smallest absolute Gasteiger partial charge is 0.340 e. The first kappa shape index (κ1) is 28.2. The predicted octanol–water partition coefficient (Wildman–Crippen LogP) is 3.82. The van der Waals surface area contributed by atoms with Crippen LogP contribution in [0.4, 0.5) is 11.6 Å². The maximum absolute atomic E-state index is 12.5. The Morgan fingerprint density at radius 3 is 2.48 bits per heavy atom. The van der Waals surface area contributed by atoms with Gasteiger partial charge in [0.15, 0.2) is 0 Å². The molecule has 5 rings (SSSR count). The normalized spacial score (nSPS) is 22.4. The maximum Gasteiger partial charge on any atom is 0.340 e. The van der Waals surface area contributed by atoms with Crippen molar-refractivity contribution in [1.29, 1.82) is 0 Å². The van der Waals surface area contributed by atoms with Gasteiger partial charge >= 0.3 is 5.97 Å². The van der Waals surface area contributed by atoms with E-state index in [1.807, 2.05) is 40.7 Å². The molecule has 1 saturated carbocycles. The topological polar surface area (TPSA) is 150 Å². The van der Waals surface area contributed by atoms with Crippen molar-refractivity contribution in [2.24, 2.45) is 5.73 Å². The van der Waals surface area contributed by atoms with Crippen LogP contribution in [0.2, 0.25) is 0 Å². The number of cyclic esters (lactones) is 1. The molecule has 214 valence electrons. The van der Waals surface area contributed by atoms with Crippen molar-refractivity contribution in [3.63, 3.8) is 0 Å². The van der Waals surface area contributed by atoms with Crippen molar-refractivity contribution in [2.45, 2.75) is 75.9 Å². The number of esters is 1. The standard InChI is InChI=1S/C28H36N6O5S/c1-15-24-18(26(35)39-28(15,4)5)8-9-22(33-24)32-23-12-19-20(13-30-23)25(31-14-21(19)27(2,3)29)38-16-10-17(11-16)40(36,37)34(6)7/h8-9,12-17H,10-11,29H2,1-7H3,(H,30,32,33)/t15-,16?,17?/m1/s1. The molecular formula is C28H36N6O5S. The minimum atomic E-state index is -3.32. The van der Waals surface area contributed by atoms with Crippen molar-refractivity contribution < 1.29 is 22.7 Å². The second kappa shape index (κ2) is 9.64. The number of carbonyl (C=O) groups is 1. The van der Waals surface area contributed by atoms with Crippen LogP contribution in [0.5, 0.6) is 5.88 Å². The molecule has 3 N–H and O–H groups in total. The van der Waals surface area contributed by atoms with E-state index in [0.717, 1.165) is 10.9 Å². The zero-order valence-electron chi connectivity index (χ0n) is 23.8. The summed E-state index contributed by atoms with van der Waals surface area (Å²) in [5, 5.41) is 4.28. The molecule has 0 unspecified atom stereocenters. The molecule has 0 bridgehead atoms. The monoisotopic (exact) mass is 568 g/mol. The molecule has 3 aromatic heterocycles. The summed E-state index contributed by atoms with van der Waals surface area (Å²) in [4.78, 5) is 26.3. The van der Waals surface area contributed by atoms with Crippen molar-refractivity contribution in [3.05, 3.63) is 47.4 Å². The number of fused-ring (bicyclic) bond motifs is 2. The number of sulfonamides is 1. The Labute approximate surface area is 234 Å². The molecule has 0 spiro atoms. The van der Waals surface area contributed by atoms with Gasteiger partial charge in [0.2, 0.25) is 15.9 Å². The van der Waals surface area contributed by atoms with E-state index >= 15 is 0 Å². The lowest BCUT2D eigenvalue weighted by Gasteiger charge is -2.36. The minimum Gasteiger partial charge on any atom is -0.474 e. The van der Waals surface area contributed by atoms with Crippen molar-refractivity contribution >= 4 is 38.4 Å². The zero-order valence-corrected chi connectivity index (χ0v) is 24.7. The molecule has 2 aliphatic rings. The highest BCUT2D eigenvalue weighted by Gasteiger charge is 2.42. The first-order chi connectivity index (χ1) is 18.6. The molecular weight excluding hydrogens is 532 g/mol. The summed E-state index contributed by atoms with van der Waals surface area (Å²) in [6.45, 7) is 9.53. The Bertz CT molecular complexity index is 1590. The van der Waals surface area contributed by atoms with Gasteiger partial charge in [-0.3, -0.25) is 0 Å². The molecule has 3 aromatic rings. The number of aromatic nitrogens is 3. The summed E-state index contributed by atoms with van der Waals surface area (Å²) in [5.74, 6) is 0.987. The van der Waals surface area contributed by atoms with Gasteiger partial charge < -0.3 is 20.5 Å². The average molecular weight is 569 g/mol. The summed E-state index contributed by atoms with van der Waals surface area (Å²) in [6.07, 6.45) is 3.90. The van der Waals surface area contributed by atoms with E-state index in [2.05, 4.69) is 15.3 Å². The van der Waals surface area contributed by atoms with E-state index in [4.69, 9.17) is 20.2 Å². The Morgan fingerprint density at radius 2 is 1.82 bits per heavy atom.